The van der Waals surface area contributed by atoms with Crippen LogP contribution in [-0.2, 0) is 71.1 Å². The van der Waals surface area contributed by atoms with E-state index in [0.717, 1.165) is 5.33 Å². The van der Waals surface area contributed by atoms with Gasteiger partial charge in [-0.3, -0.25) is 4.18 Å². The van der Waals surface area contributed by atoms with Gasteiger partial charge in [-0.2, -0.15) is 8.42 Å². The highest BCUT2D eigenvalue weighted by atomic mass is 79.9. The Labute approximate surface area is 300 Å². The van der Waals surface area contributed by atoms with Gasteiger partial charge < -0.3 is 56.8 Å². The topological polar surface area (TPSA) is 154 Å². The van der Waals surface area contributed by atoms with Crippen molar-refractivity contribution >= 4 is 26.0 Å². The minimum atomic E-state index is -3.76. The van der Waals surface area contributed by atoms with Gasteiger partial charge in [0.2, 0.25) is 0 Å². The first-order valence-electron chi connectivity index (χ1n) is 16.6. The van der Waals surface area contributed by atoms with Crippen molar-refractivity contribution in [2.24, 2.45) is 0 Å². The number of halogens is 1. The van der Waals surface area contributed by atoms with Crippen molar-refractivity contribution in [2.75, 3.05) is 171 Å². The van der Waals surface area contributed by atoms with E-state index in [1.54, 1.807) is 18.2 Å². The number of hydrogen-bond acceptors (Lipinski definition) is 15. The van der Waals surface area contributed by atoms with Crippen LogP contribution < -0.4 is 0 Å². The van der Waals surface area contributed by atoms with E-state index in [-0.39, 0.29) is 18.1 Å². The lowest BCUT2D eigenvalue weighted by Gasteiger charge is -2.09. The Balaban J connectivity index is 1.65. The zero-order chi connectivity index (χ0) is 35.2. The number of hydrogen-bond donors (Lipinski definition) is 0. The Bertz CT molecular complexity index is 902. The maximum absolute atomic E-state index is 12.0. The van der Waals surface area contributed by atoms with E-state index in [1.165, 1.54) is 12.1 Å². The summed E-state index contributed by atoms with van der Waals surface area (Å²) in [4.78, 5) is 0.120. The number of benzene rings is 1. The van der Waals surface area contributed by atoms with Crippen molar-refractivity contribution in [3.63, 3.8) is 0 Å². The Morgan fingerprint density at radius 1 is 0.347 bits per heavy atom. The standard InChI is InChI=1S/C32H57BrO15S/c33-6-7-36-8-9-37-10-11-38-12-13-39-14-15-40-16-17-41-18-19-42-20-21-43-22-23-44-24-25-45-26-27-46-28-29-47-30-31-48-49(34,35)32-4-2-1-3-5-32/h1-5H,6-31H2. The highest BCUT2D eigenvalue weighted by Gasteiger charge is 2.13. The minimum absolute atomic E-state index is 0.0597. The minimum Gasteiger partial charge on any atom is -0.378 e. The van der Waals surface area contributed by atoms with Crippen LogP contribution in [0.2, 0.25) is 0 Å². The first-order valence-corrected chi connectivity index (χ1v) is 19.1. The van der Waals surface area contributed by atoms with Crippen molar-refractivity contribution in [2.45, 2.75) is 4.90 Å². The van der Waals surface area contributed by atoms with Gasteiger partial charge in [-0.05, 0) is 12.1 Å². The number of ether oxygens (including phenoxy) is 12. The molecule has 0 N–H and O–H groups in total. The van der Waals surface area contributed by atoms with E-state index < -0.39 is 10.1 Å². The Morgan fingerprint density at radius 3 is 0.816 bits per heavy atom. The Hall–Kier alpha value is -0.870. The summed E-state index contributed by atoms with van der Waals surface area (Å²) >= 11 is 3.30. The van der Waals surface area contributed by atoms with Crippen LogP contribution in [0.5, 0.6) is 0 Å². The van der Waals surface area contributed by atoms with Crippen molar-refractivity contribution < 1.29 is 69.4 Å². The van der Waals surface area contributed by atoms with Gasteiger partial charge in [0.25, 0.3) is 10.1 Å². The zero-order valence-electron chi connectivity index (χ0n) is 28.7. The maximum atomic E-state index is 12.0. The lowest BCUT2D eigenvalue weighted by Crippen LogP contribution is -2.16. The van der Waals surface area contributed by atoms with Crippen molar-refractivity contribution in [3.8, 4) is 0 Å². The van der Waals surface area contributed by atoms with Crippen LogP contribution in [0.3, 0.4) is 0 Å². The van der Waals surface area contributed by atoms with E-state index in [4.69, 9.17) is 61.0 Å². The first kappa shape index (κ1) is 46.2. The highest BCUT2D eigenvalue weighted by Crippen LogP contribution is 2.10. The molecule has 0 radical (unpaired) electrons. The van der Waals surface area contributed by atoms with Crippen LogP contribution in [0, 0.1) is 0 Å². The van der Waals surface area contributed by atoms with Crippen LogP contribution in [0.4, 0.5) is 0 Å². The lowest BCUT2D eigenvalue weighted by molar-refractivity contribution is -0.0284. The second kappa shape index (κ2) is 36.9. The van der Waals surface area contributed by atoms with Crippen LogP contribution >= 0.6 is 15.9 Å². The van der Waals surface area contributed by atoms with Gasteiger partial charge in [0.15, 0.2) is 0 Å². The van der Waals surface area contributed by atoms with Crippen molar-refractivity contribution in [1.82, 2.24) is 0 Å². The molecule has 49 heavy (non-hydrogen) atoms. The van der Waals surface area contributed by atoms with Gasteiger partial charge in [0.1, 0.15) is 0 Å². The average Bonchev–Trinajstić information content (AvgIpc) is 3.11. The number of rotatable bonds is 40. The third-order valence-corrected chi connectivity index (χ3v) is 7.46. The molecule has 0 aliphatic rings. The Morgan fingerprint density at radius 2 is 0.571 bits per heavy atom. The molecule has 0 fully saturated rings. The molecule has 288 valence electrons. The van der Waals surface area contributed by atoms with Crippen molar-refractivity contribution in [3.05, 3.63) is 30.3 Å². The fourth-order valence-electron chi connectivity index (χ4n) is 3.43. The monoisotopic (exact) mass is 792 g/mol. The summed E-state index contributed by atoms with van der Waals surface area (Å²) in [6, 6.07) is 7.98. The van der Waals surface area contributed by atoms with Crippen LogP contribution in [0.25, 0.3) is 0 Å². The second-order valence-corrected chi connectivity index (χ2v) is 12.0. The fourth-order valence-corrected chi connectivity index (χ4v) is 4.58. The van der Waals surface area contributed by atoms with Gasteiger partial charge in [0, 0.05) is 5.33 Å². The first-order chi connectivity index (χ1) is 24.2. The van der Waals surface area contributed by atoms with E-state index in [9.17, 15) is 8.42 Å². The zero-order valence-corrected chi connectivity index (χ0v) is 31.1. The molecule has 0 heterocycles. The molecule has 0 bridgehead atoms. The largest absolute Gasteiger partial charge is 0.378 e. The molecule has 0 unspecified atom stereocenters. The van der Waals surface area contributed by atoms with Crippen LogP contribution in [0.1, 0.15) is 0 Å². The van der Waals surface area contributed by atoms with Crippen LogP contribution in [0.15, 0.2) is 35.2 Å². The summed E-state index contributed by atoms with van der Waals surface area (Å²) in [7, 11) is -3.76. The molecule has 0 aliphatic carbocycles. The lowest BCUT2D eigenvalue weighted by atomic mass is 10.4. The van der Waals surface area contributed by atoms with Crippen LogP contribution in [-0.4, -0.2) is 179 Å². The maximum Gasteiger partial charge on any atom is 0.297 e. The summed E-state index contributed by atoms with van der Waals surface area (Å²) in [5, 5.41) is 0.831. The predicted octanol–water partition coefficient (Wildman–Crippen LogP) is 1.99. The Kier molecular flexibility index (Phi) is 34.8. The third kappa shape index (κ3) is 32.8. The molecule has 0 aliphatic heterocycles. The van der Waals surface area contributed by atoms with E-state index in [1.807, 2.05) is 0 Å². The molecule has 1 aromatic carbocycles. The van der Waals surface area contributed by atoms with Gasteiger partial charge in [0.05, 0.1) is 170 Å². The van der Waals surface area contributed by atoms with Gasteiger partial charge in [-0.25, -0.2) is 0 Å². The third-order valence-electron chi connectivity index (χ3n) is 5.81. The molecule has 0 spiro atoms. The summed E-state index contributed by atoms with van der Waals surface area (Å²) in [5.74, 6) is 0. The molecule has 1 rings (SSSR count). The molecule has 1 aromatic rings. The van der Waals surface area contributed by atoms with Crippen molar-refractivity contribution in [1.29, 1.82) is 0 Å². The molecule has 0 aromatic heterocycles. The van der Waals surface area contributed by atoms with Gasteiger partial charge in [-0.15, -0.1) is 0 Å². The quantitative estimate of drug-likeness (QED) is 0.0540. The molecule has 0 atom stereocenters. The molecular formula is C32H57BrO15S. The normalized spacial score (nSPS) is 11.9. The predicted molar refractivity (Wildman–Crippen MR) is 183 cm³/mol. The smallest absolute Gasteiger partial charge is 0.297 e. The second-order valence-electron chi connectivity index (χ2n) is 9.63. The summed E-state index contributed by atoms with van der Waals surface area (Å²) in [5.41, 5.74) is 0. The van der Waals surface area contributed by atoms with Gasteiger partial charge in [-0.1, -0.05) is 34.1 Å². The van der Waals surface area contributed by atoms with E-state index in [2.05, 4.69) is 15.9 Å². The summed E-state index contributed by atoms with van der Waals surface area (Å²) in [6.45, 7) is 11.4. The molecule has 0 amide bonds. The molecule has 15 nitrogen and oxygen atoms in total. The van der Waals surface area contributed by atoms with Gasteiger partial charge >= 0.3 is 0 Å². The molecule has 17 heteroatoms. The SMILES string of the molecule is O=S(=O)(OCCOCCOCCOCCOCCOCCOCCOCCOCCOCCOCCOCCOCCBr)c1ccccc1. The van der Waals surface area contributed by atoms with E-state index >= 15 is 0 Å². The number of alkyl halides is 1. The van der Waals surface area contributed by atoms with E-state index in [0.29, 0.717) is 152 Å². The summed E-state index contributed by atoms with van der Waals surface area (Å²) < 4.78 is 93.9. The molecule has 0 saturated heterocycles. The summed E-state index contributed by atoms with van der Waals surface area (Å²) in [6.07, 6.45) is 0. The molecule has 0 saturated carbocycles. The fraction of sp³-hybridized carbons (Fsp3) is 0.812. The average molecular weight is 794 g/mol. The highest BCUT2D eigenvalue weighted by molar-refractivity contribution is 9.09. The molecular weight excluding hydrogens is 736 g/mol.